The molecule has 0 aliphatic heterocycles. The second-order valence-electron chi connectivity index (χ2n) is 4.85. The minimum absolute atomic E-state index is 0.0416. The highest BCUT2D eigenvalue weighted by Crippen LogP contribution is 2.33. The second-order valence-corrected chi connectivity index (χ2v) is 4.85. The normalized spacial score (nSPS) is 10.7. The monoisotopic (exact) mass is 345 g/mol. The number of benzene rings is 1. The molecule has 2 rings (SSSR count). The van der Waals surface area contributed by atoms with Crippen LogP contribution < -0.4 is 20.9 Å². The fraction of sp³-hybridized carbons (Fsp3) is 0.250. The lowest BCUT2D eigenvalue weighted by Crippen LogP contribution is -2.11. The average molecular weight is 345 g/mol. The summed E-state index contributed by atoms with van der Waals surface area (Å²) in [6.07, 6.45) is 3.62. The molecule has 0 bridgehead atoms. The largest absolute Gasteiger partial charge is 0.493 e. The van der Waals surface area contributed by atoms with E-state index in [0.717, 1.165) is 0 Å². The highest BCUT2D eigenvalue weighted by Gasteiger charge is 2.16. The molecule has 0 amide bonds. The van der Waals surface area contributed by atoms with E-state index in [0.29, 0.717) is 22.6 Å². The topological polar surface area (TPSA) is 135 Å². The van der Waals surface area contributed by atoms with Crippen LogP contribution in [0.4, 0.5) is 11.9 Å². The van der Waals surface area contributed by atoms with E-state index in [1.54, 1.807) is 12.1 Å². The molecule has 25 heavy (non-hydrogen) atoms. The van der Waals surface area contributed by atoms with Gasteiger partial charge in [-0.1, -0.05) is 12.2 Å². The maximum Gasteiger partial charge on any atom is 0.338 e. The third-order valence-electron chi connectivity index (χ3n) is 3.14. The summed E-state index contributed by atoms with van der Waals surface area (Å²) in [6, 6.07) is 3.17. The molecule has 1 heterocycles. The molecule has 0 saturated carbocycles. The van der Waals surface area contributed by atoms with Crippen LogP contribution in [0.2, 0.25) is 0 Å². The number of nitrogens with zero attached hydrogens (tertiary/aromatic N) is 3. The van der Waals surface area contributed by atoms with Gasteiger partial charge in [0.15, 0.2) is 23.9 Å². The Kier molecular flexibility index (Phi) is 5.72. The van der Waals surface area contributed by atoms with Crippen molar-refractivity contribution < 1.29 is 19.0 Å². The van der Waals surface area contributed by atoms with Crippen LogP contribution in [0.1, 0.15) is 28.7 Å². The number of rotatable bonds is 6. The summed E-state index contributed by atoms with van der Waals surface area (Å²) in [5.74, 6) is 0.436. The lowest BCUT2D eigenvalue weighted by Gasteiger charge is -2.13. The predicted molar refractivity (Wildman–Crippen MR) is 92.0 cm³/mol. The molecule has 0 radical (unpaired) electrons. The lowest BCUT2D eigenvalue weighted by atomic mass is 10.1. The van der Waals surface area contributed by atoms with Crippen molar-refractivity contribution in [3.8, 4) is 11.5 Å². The van der Waals surface area contributed by atoms with Gasteiger partial charge in [-0.15, -0.1) is 0 Å². The summed E-state index contributed by atoms with van der Waals surface area (Å²) >= 11 is 0. The number of nitrogens with two attached hydrogens (primary N) is 2. The molecule has 9 nitrogen and oxygen atoms in total. The number of nitrogen functional groups attached to an aromatic ring is 2. The number of aromatic nitrogens is 3. The van der Waals surface area contributed by atoms with E-state index >= 15 is 0 Å². The summed E-state index contributed by atoms with van der Waals surface area (Å²) < 4.78 is 15.8. The van der Waals surface area contributed by atoms with Crippen LogP contribution in [0.25, 0.3) is 6.08 Å². The Balaban J connectivity index is 2.24. The van der Waals surface area contributed by atoms with Crippen molar-refractivity contribution in [3.63, 3.8) is 0 Å². The lowest BCUT2D eigenvalue weighted by molar-refractivity contribution is 0.0461. The molecule has 0 unspecified atom stereocenters. The second kappa shape index (κ2) is 7.95. The van der Waals surface area contributed by atoms with E-state index in [-0.39, 0.29) is 24.3 Å². The van der Waals surface area contributed by atoms with E-state index in [4.69, 9.17) is 25.7 Å². The molecular weight excluding hydrogens is 326 g/mol. The number of esters is 1. The summed E-state index contributed by atoms with van der Waals surface area (Å²) in [4.78, 5) is 23.7. The molecule has 0 fully saturated rings. The van der Waals surface area contributed by atoms with Gasteiger partial charge in [0.25, 0.3) is 0 Å². The first-order valence-electron chi connectivity index (χ1n) is 7.30. The molecule has 0 aliphatic carbocycles. The third kappa shape index (κ3) is 4.34. The van der Waals surface area contributed by atoms with Crippen molar-refractivity contribution in [1.82, 2.24) is 15.0 Å². The summed E-state index contributed by atoms with van der Waals surface area (Å²) in [7, 11) is 3.02. The number of carbonyl (C=O) groups is 1. The number of carbonyl (C=O) groups excluding carboxylic acids is 1. The fourth-order valence-electron chi connectivity index (χ4n) is 2.15. The predicted octanol–water partition coefficient (Wildman–Crippen LogP) is 1.44. The zero-order valence-electron chi connectivity index (χ0n) is 14.1. The van der Waals surface area contributed by atoms with Gasteiger partial charge < -0.3 is 25.7 Å². The highest BCUT2D eigenvalue weighted by molar-refractivity contribution is 5.91. The Hall–Kier alpha value is -3.36. The van der Waals surface area contributed by atoms with Crippen molar-refractivity contribution in [2.24, 2.45) is 0 Å². The van der Waals surface area contributed by atoms with Crippen LogP contribution in [0.5, 0.6) is 11.5 Å². The standard InChI is InChI=1S/C16H19N5O4/c1-4-5-9-6-10(7-11(23-2)13(9)24-3)14(22)25-8-12-19-15(17)21-16(18)20-12/h4-7H,8H2,1-3H3,(H4,17,18,19,20,21)/b5-4+. The maximum atomic E-state index is 12.3. The molecule has 4 N–H and O–H groups in total. The Morgan fingerprint density at radius 3 is 2.36 bits per heavy atom. The third-order valence-corrected chi connectivity index (χ3v) is 3.14. The Bertz CT molecular complexity index is 787. The smallest absolute Gasteiger partial charge is 0.338 e. The van der Waals surface area contributed by atoms with Gasteiger partial charge in [0.2, 0.25) is 11.9 Å². The van der Waals surface area contributed by atoms with Gasteiger partial charge in [-0.2, -0.15) is 15.0 Å². The number of hydrogen-bond donors (Lipinski definition) is 2. The Morgan fingerprint density at radius 2 is 1.80 bits per heavy atom. The molecular formula is C16H19N5O4. The summed E-state index contributed by atoms with van der Waals surface area (Å²) in [5, 5.41) is 0. The van der Waals surface area contributed by atoms with E-state index < -0.39 is 5.97 Å². The number of allylic oxidation sites excluding steroid dienone is 1. The van der Waals surface area contributed by atoms with Gasteiger partial charge >= 0.3 is 5.97 Å². The van der Waals surface area contributed by atoms with Crippen molar-refractivity contribution >= 4 is 23.9 Å². The van der Waals surface area contributed by atoms with Gasteiger partial charge in [-0.25, -0.2) is 4.79 Å². The van der Waals surface area contributed by atoms with Crippen molar-refractivity contribution in [2.45, 2.75) is 13.5 Å². The molecule has 0 spiro atoms. The van der Waals surface area contributed by atoms with Crippen molar-refractivity contribution in [3.05, 3.63) is 35.2 Å². The van der Waals surface area contributed by atoms with Gasteiger partial charge in [-0.05, 0) is 19.1 Å². The average Bonchev–Trinajstić information content (AvgIpc) is 2.58. The minimum atomic E-state index is -0.579. The van der Waals surface area contributed by atoms with Crippen LogP contribution in [-0.4, -0.2) is 35.1 Å². The molecule has 1 aromatic heterocycles. The van der Waals surface area contributed by atoms with E-state index in [1.807, 2.05) is 13.0 Å². The zero-order valence-corrected chi connectivity index (χ0v) is 14.1. The van der Waals surface area contributed by atoms with Crippen molar-refractivity contribution in [1.29, 1.82) is 0 Å². The van der Waals surface area contributed by atoms with E-state index in [2.05, 4.69) is 15.0 Å². The molecule has 132 valence electrons. The molecule has 1 aromatic carbocycles. The number of hydrogen-bond acceptors (Lipinski definition) is 9. The van der Waals surface area contributed by atoms with Gasteiger partial charge in [0, 0.05) is 5.56 Å². The molecule has 9 heteroatoms. The maximum absolute atomic E-state index is 12.3. The molecule has 0 atom stereocenters. The number of anilines is 2. The Labute approximate surface area is 144 Å². The quantitative estimate of drug-likeness (QED) is 0.745. The zero-order chi connectivity index (χ0) is 18.4. The van der Waals surface area contributed by atoms with E-state index in [9.17, 15) is 4.79 Å². The van der Waals surface area contributed by atoms with Gasteiger partial charge in [0.05, 0.1) is 19.8 Å². The van der Waals surface area contributed by atoms with Gasteiger partial charge in [-0.3, -0.25) is 0 Å². The molecule has 0 saturated heterocycles. The minimum Gasteiger partial charge on any atom is -0.493 e. The summed E-state index contributed by atoms with van der Waals surface area (Å²) in [6.45, 7) is 1.66. The highest BCUT2D eigenvalue weighted by atomic mass is 16.5. The van der Waals surface area contributed by atoms with Crippen LogP contribution in [0.15, 0.2) is 18.2 Å². The Morgan fingerprint density at radius 1 is 1.12 bits per heavy atom. The SMILES string of the molecule is C/C=C/c1cc(C(=O)OCc2nc(N)nc(N)n2)cc(OC)c1OC. The first-order valence-corrected chi connectivity index (χ1v) is 7.30. The first-order chi connectivity index (χ1) is 12.0. The van der Waals surface area contributed by atoms with Crippen LogP contribution in [-0.2, 0) is 11.3 Å². The molecule has 0 aliphatic rings. The van der Waals surface area contributed by atoms with Crippen molar-refractivity contribution in [2.75, 3.05) is 25.7 Å². The molecule has 2 aromatic rings. The van der Waals surface area contributed by atoms with E-state index in [1.165, 1.54) is 20.3 Å². The van der Waals surface area contributed by atoms with Crippen LogP contribution in [0.3, 0.4) is 0 Å². The summed E-state index contributed by atoms with van der Waals surface area (Å²) in [5.41, 5.74) is 11.9. The number of ether oxygens (including phenoxy) is 3. The van der Waals surface area contributed by atoms with Gasteiger partial charge in [0.1, 0.15) is 0 Å². The van der Waals surface area contributed by atoms with Crippen LogP contribution >= 0.6 is 0 Å². The number of methoxy groups -OCH3 is 2. The van der Waals surface area contributed by atoms with Crippen LogP contribution in [0, 0.1) is 0 Å². The first kappa shape index (κ1) is 18.0. The fourth-order valence-corrected chi connectivity index (χ4v) is 2.15.